The molecule has 0 aliphatic rings. The SMILES string of the molecule is Cc1ccnc(NC(=O)CCC(=O)N(Cc2ccco2)[C@@H](C(=O)NC(C)C)c2ccc(Cl)cc2)c1. The fraction of sp³-hybridized carbons (Fsp3) is 0.308. The van der Waals surface area contributed by atoms with E-state index >= 15 is 0 Å². The van der Waals surface area contributed by atoms with E-state index in [1.807, 2.05) is 26.8 Å². The summed E-state index contributed by atoms with van der Waals surface area (Å²) in [7, 11) is 0. The molecule has 8 nitrogen and oxygen atoms in total. The highest BCUT2D eigenvalue weighted by Crippen LogP contribution is 2.26. The van der Waals surface area contributed by atoms with E-state index in [1.165, 1.54) is 11.2 Å². The summed E-state index contributed by atoms with van der Waals surface area (Å²) in [4.78, 5) is 44.7. The fourth-order valence-corrected chi connectivity index (χ4v) is 3.68. The van der Waals surface area contributed by atoms with Gasteiger partial charge in [0.05, 0.1) is 12.8 Å². The van der Waals surface area contributed by atoms with Gasteiger partial charge in [-0.05, 0) is 68.3 Å². The standard InChI is InChI=1S/C26H29ClN4O4/c1-17(2)29-26(34)25(19-6-8-20(27)9-7-19)31(16-21-5-4-14-35-21)24(33)11-10-23(32)30-22-15-18(3)12-13-28-22/h4-9,12-15,17,25H,10-11,16H2,1-3H3,(H,29,34)(H,28,30,32)/t25-/m1/s1. The molecule has 35 heavy (non-hydrogen) atoms. The Morgan fingerprint density at radius 2 is 1.83 bits per heavy atom. The number of pyridine rings is 1. The van der Waals surface area contributed by atoms with Gasteiger partial charge >= 0.3 is 0 Å². The number of aromatic nitrogens is 1. The van der Waals surface area contributed by atoms with Crippen molar-refractivity contribution >= 4 is 35.1 Å². The maximum absolute atomic E-state index is 13.4. The number of hydrogen-bond acceptors (Lipinski definition) is 5. The molecule has 3 amide bonds. The number of halogens is 1. The summed E-state index contributed by atoms with van der Waals surface area (Å²) in [6, 6.07) is 12.7. The van der Waals surface area contributed by atoms with Gasteiger partial charge in [-0.2, -0.15) is 0 Å². The lowest BCUT2D eigenvalue weighted by molar-refractivity contribution is -0.142. The van der Waals surface area contributed by atoms with Crippen LogP contribution in [0.5, 0.6) is 0 Å². The molecule has 0 bridgehead atoms. The molecule has 2 heterocycles. The first kappa shape index (κ1) is 26.0. The minimum Gasteiger partial charge on any atom is -0.467 e. The van der Waals surface area contributed by atoms with E-state index in [2.05, 4.69) is 15.6 Å². The lowest BCUT2D eigenvalue weighted by atomic mass is 10.0. The summed E-state index contributed by atoms with van der Waals surface area (Å²) in [5.74, 6) is -0.111. The van der Waals surface area contributed by atoms with Crippen LogP contribution in [-0.2, 0) is 20.9 Å². The molecular weight excluding hydrogens is 468 g/mol. The molecule has 1 atom stereocenters. The summed E-state index contributed by atoms with van der Waals surface area (Å²) < 4.78 is 5.46. The molecule has 3 aromatic rings. The molecule has 2 N–H and O–H groups in total. The van der Waals surface area contributed by atoms with E-state index in [9.17, 15) is 14.4 Å². The number of nitrogens with one attached hydrogen (secondary N) is 2. The topological polar surface area (TPSA) is 105 Å². The third-order valence-electron chi connectivity index (χ3n) is 5.15. The van der Waals surface area contributed by atoms with Crippen LogP contribution >= 0.6 is 11.6 Å². The first-order valence-corrected chi connectivity index (χ1v) is 11.7. The van der Waals surface area contributed by atoms with Gasteiger partial charge in [0, 0.05) is 30.1 Å². The van der Waals surface area contributed by atoms with Crippen molar-refractivity contribution in [2.75, 3.05) is 5.32 Å². The van der Waals surface area contributed by atoms with Crippen molar-refractivity contribution in [2.45, 2.75) is 52.2 Å². The summed E-state index contributed by atoms with van der Waals surface area (Å²) in [5.41, 5.74) is 1.55. The zero-order valence-corrected chi connectivity index (χ0v) is 20.7. The van der Waals surface area contributed by atoms with Gasteiger partial charge in [0.1, 0.15) is 17.6 Å². The minimum atomic E-state index is -0.936. The average Bonchev–Trinajstić information content (AvgIpc) is 3.31. The highest BCUT2D eigenvalue weighted by Gasteiger charge is 2.32. The van der Waals surface area contributed by atoms with Crippen molar-refractivity contribution in [3.05, 3.63) is 82.9 Å². The van der Waals surface area contributed by atoms with Gasteiger partial charge in [-0.25, -0.2) is 4.98 Å². The summed E-state index contributed by atoms with van der Waals surface area (Å²) >= 11 is 6.05. The van der Waals surface area contributed by atoms with Crippen LogP contribution in [0.1, 0.15) is 49.6 Å². The van der Waals surface area contributed by atoms with E-state index < -0.39 is 6.04 Å². The Bertz CT molecular complexity index is 1150. The van der Waals surface area contributed by atoms with Gasteiger partial charge in [-0.3, -0.25) is 14.4 Å². The number of amides is 3. The number of aryl methyl sites for hydroxylation is 1. The van der Waals surface area contributed by atoms with Crippen LogP contribution in [0.2, 0.25) is 5.02 Å². The molecular formula is C26H29ClN4O4. The normalized spacial score (nSPS) is 11.7. The second kappa shape index (κ2) is 12.2. The van der Waals surface area contributed by atoms with Crippen molar-refractivity contribution in [3.8, 4) is 0 Å². The number of rotatable bonds is 10. The molecule has 0 saturated heterocycles. The van der Waals surface area contributed by atoms with E-state index in [0.717, 1.165) is 5.56 Å². The van der Waals surface area contributed by atoms with Crippen LogP contribution in [0.3, 0.4) is 0 Å². The average molecular weight is 497 g/mol. The molecule has 0 radical (unpaired) electrons. The Kier molecular flexibility index (Phi) is 9.03. The van der Waals surface area contributed by atoms with Gasteiger partial charge in [-0.1, -0.05) is 23.7 Å². The number of nitrogens with zero attached hydrogens (tertiary/aromatic N) is 2. The van der Waals surface area contributed by atoms with Crippen molar-refractivity contribution in [1.82, 2.24) is 15.2 Å². The van der Waals surface area contributed by atoms with Gasteiger partial charge in [0.25, 0.3) is 0 Å². The second-order valence-electron chi connectivity index (χ2n) is 8.48. The number of benzene rings is 1. The Balaban J connectivity index is 1.83. The monoisotopic (exact) mass is 496 g/mol. The summed E-state index contributed by atoms with van der Waals surface area (Å²) in [5, 5.41) is 6.11. The van der Waals surface area contributed by atoms with Crippen molar-refractivity contribution in [2.24, 2.45) is 0 Å². The van der Waals surface area contributed by atoms with Crippen molar-refractivity contribution in [3.63, 3.8) is 0 Å². The molecule has 0 saturated carbocycles. The molecule has 1 aromatic carbocycles. The Morgan fingerprint density at radius 1 is 1.09 bits per heavy atom. The number of carbonyl (C=O) groups excluding carboxylic acids is 3. The van der Waals surface area contributed by atoms with E-state index in [1.54, 1.807) is 48.7 Å². The highest BCUT2D eigenvalue weighted by molar-refractivity contribution is 6.30. The van der Waals surface area contributed by atoms with E-state index in [0.29, 0.717) is 22.2 Å². The summed E-state index contributed by atoms with van der Waals surface area (Å²) in [6.07, 6.45) is 2.94. The quantitative estimate of drug-likeness (QED) is 0.425. The van der Waals surface area contributed by atoms with Crippen molar-refractivity contribution < 1.29 is 18.8 Å². The zero-order chi connectivity index (χ0) is 25.4. The molecule has 184 valence electrons. The molecule has 0 spiro atoms. The Labute approximate surface area is 209 Å². The first-order valence-electron chi connectivity index (χ1n) is 11.3. The largest absolute Gasteiger partial charge is 0.467 e. The lowest BCUT2D eigenvalue weighted by Crippen LogP contribution is -2.45. The molecule has 0 aliphatic heterocycles. The second-order valence-corrected chi connectivity index (χ2v) is 8.92. The molecule has 0 unspecified atom stereocenters. The van der Waals surface area contributed by atoms with Gasteiger partial charge in [0.15, 0.2) is 0 Å². The van der Waals surface area contributed by atoms with E-state index in [-0.39, 0.29) is 43.1 Å². The zero-order valence-electron chi connectivity index (χ0n) is 20.0. The maximum atomic E-state index is 13.4. The smallest absolute Gasteiger partial charge is 0.247 e. The molecule has 9 heteroatoms. The number of hydrogen-bond donors (Lipinski definition) is 2. The van der Waals surface area contributed by atoms with Crippen LogP contribution in [0.4, 0.5) is 5.82 Å². The van der Waals surface area contributed by atoms with Crippen LogP contribution in [0, 0.1) is 6.92 Å². The fourth-order valence-electron chi connectivity index (χ4n) is 3.55. The Hall–Kier alpha value is -3.65. The van der Waals surface area contributed by atoms with Crippen LogP contribution in [-0.4, -0.2) is 33.6 Å². The molecule has 3 rings (SSSR count). The minimum absolute atomic E-state index is 0.0612. The van der Waals surface area contributed by atoms with Gasteiger partial charge < -0.3 is 20.0 Å². The third kappa shape index (κ3) is 7.68. The van der Waals surface area contributed by atoms with Gasteiger partial charge in [-0.15, -0.1) is 0 Å². The number of furan rings is 1. The molecule has 2 aromatic heterocycles. The predicted octanol–water partition coefficient (Wildman–Crippen LogP) is 4.65. The molecule has 0 fully saturated rings. The highest BCUT2D eigenvalue weighted by atomic mass is 35.5. The number of carbonyl (C=O) groups is 3. The van der Waals surface area contributed by atoms with E-state index in [4.69, 9.17) is 16.0 Å². The van der Waals surface area contributed by atoms with Crippen molar-refractivity contribution in [1.29, 1.82) is 0 Å². The van der Waals surface area contributed by atoms with Crippen LogP contribution in [0.15, 0.2) is 65.4 Å². The lowest BCUT2D eigenvalue weighted by Gasteiger charge is -2.31. The predicted molar refractivity (Wildman–Crippen MR) is 134 cm³/mol. The Morgan fingerprint density at radius 3 is 2.46 bits per heavy atom. The van der Waals surface area contributed by atoms with Crippen LogP contribution in [0.25, 0.3) is 0 Å². The van der Waals surface area contributed by atoms with Crippen LogP contribution < -0.4 is 10.6 Å². The summed E-state index contributed by atoms with van der Waals surface area (Å²) in [6.45, 7) is 5.65. The van der Waals surface area contributed by atoms with Gasteiger partial charge in [0.2, 0.25) is 17.7 Å². The molecule has 0 aliphatic carbocycles. The first-order chi connectivity index (χ1) is 16.7. The maximum Gasteiger partial charge on any atom is 0.247 e. The number of anilines is 1. The third-order valence-corrected chi connectivity index (χ3v) is 5.40.